The van der Waals surface area contributed by atoms with E-state index in [1.807, 2.05) is 6.92 Å². The molecule has 6 nitrogen and oxygen atoms in total. The highest BCUT2D eigenvalue weighted by molar-refractivity contribution is 9.09. The molecule has 7 heteroatoms. The summed E-state index contributed by atoms with van der Waals surface area (Å²) in [7, 11) is 0. The van der Waals surface area contributed by atoms with E-state index in [4.69, 9.17) is 4.74 Å². The predicted octanol–water partition coefficient (Wildman–Crippen LogP) is 3.02. The van der Waals surface area contributed by atoms with Crippen molar-refractivity contribution in [2.24, 2.45) is 0 Å². The van der Waals surface area contributed by atoms with Crippen molar-refractivity contribution < 1.29 is 24.2 Å². The Kier molecular flexibility index (Phi) is 14.3. The number of aliphatic hydroxyl groups is 1. The number of rotatable bonds is 14. The van der Waals surface area contributed by atoms with Gasteiger partial charge in [0.2, 0.25) is 12.0 Å². The van der Waals surface area contributed by atoms with E-state index in [0.717, 1.165) is 37.4 Å². The Morgan fingerprint density at radius 3 is 2.32 bits per heavy atom. The van der Waals surface area contributed by atoms with Crippen LogP contribution in [-0.2, 0) is 19.1 Å². The topological polar surface area (TPSA) is 92.7 Å². The molecule has 0 heterocycles. The zero-order valence-corrected chi connectivity index (χ0v) is 16.6. The van der Waals surface area contributed by atoms with E-state index < -0.39 is 30.5 Å². The van der Waals surface area contributed by atoms with Crippen molar-refractivity contribution >= 4 is 33.7 Å². The van der Waals surface area contributed by atoms with E-state index in [1.165, 1.54) is 0 Å². The quantitative estimate of drug-likeness (QED) is 0.195. The van der Waals surface area contributed by atoms with Crippen LogP contribution in [0.4, 0.5) is 0 Å². The Labute approximate surface area is 158 Å². The van der Waals surface area contributed by atoms with Crippen LogP contribution in [0.15, 0.2) is 12.2 Å². The third kappa shape index (κ3) is 11.9. The third-order valence-electron chi connectivity index (χ3n) is 3.60. The summed E-state index contributed by atoms with van der Waals surface area (Å²) in [6, 6.07) is 0. The van der Waals surface area contributed by atoms with Crippen LogP contribution in [-0.4, -0.2) is 40.9 Å². The van der Waals surface area contributed by atoms with Gasteiger partial charge in [0.15, 0.2) is 0 Å². The summed E-state index contributed by atoms with van der Waals surface area (Å²) < 4.78 is 5.13. The number of alkyl halides is 1. The third-order valence-corrected chi connectivity index (χ3v) is 4.16. The maximum atomic E-state index is 12.1. The fourth-order valence-electron chi connectivity index (χ4n) is 2.09. The molecule has 0 aromatic heterocycles. The summed E-state index contributed by atoms with van der Waals surface area (Å²) in [5, 5.41) is 12.4. The monoisotopic (exact) mass is 419 g/mol. The summed E-state index contributed by atoms with van der Waals surface area (Å²) in [5.74, 6) is -1.72. The molecule has 0 aromatic rings. The first kappa shape index (κ1) is 23.8. The average molecular weight is 420 g/mol. The highest BCUT2D eigenvalue weighted by Crippen LogP contribution is 2.11. The second-order valence-corrected chi connectivity index (χ2v) is 6.70. The first-order valence-electron chi connectivity index (χ1n) is 8.83. The summed E-state index contributed by atoms with van der Waals surface area (Å²) in [6.45, 7) is 4.98. The van der Waals surface area contributed by atoms with Gasteiger partial charge in [0, 0.05) is 18.2 Å². The molecule has 0 fully saturated rings. The molecule has 0 saturated carbocycles. The van der Waals surface area contributed by atoms with Gasteiger partial charge in [-0.3, -0.25) is 19.7 Å². The molecule has 0 saturated heterocycles. The Bertz CT molecular complexity index is 439. The van der Waals surface area contributed by atoms with E-state index in [1.54, 1.807) is 0 Å². The molecule has 144 valence electrons. The second kappa shape index (κ2) is 15.1. The minimum Gasteiger partial charge on any atom is -0.448 e. The van der Waals surface area contributed by atoms with Gasteiger partial charge in [-0.15, -0.1) is 0 Å². The number of ether oxygens (including phenoxy) is 1. The van der Waals surface area contributed by atoms with Crippen LogP contribution in [0, 0.1) is 0 Å². The summed E-state index contributed by atoms with van der Waals surface area (Å²) in [6.07, 6.45) is 5.42. The first-order chi connectivity index (χ1) is 12.0. The number of amides is 2. The Hall–Kier alpha value is -1.21. The molecule has 0 radical (unpaired) electrons. The average Bonchev–Trinajstić information content (AvgIpc) is 2.60. The number of unbranched alkanes of at least 4 members (excludes halogenated alkanes) is 5. The second-order valence-electron chi connectivity index (χ2n) is 5.91. The number of aliphatic hydroxyl groups excluding tert-OH is 1. The number of carbonyl (C=O) groups excluding carboxylic acids is 3. The van der Waals surface area contributed by atoms with E-state index in [-0.39, 0.29) is 18.4 Å². The molecule has 0 aliphatic carbocycles. The van der Waals surface area contributed by atoms with Gasteiger partial charge in [0.1, 0.15) is 0 Å². The maximum Gasteiger partial charge on any atom is 0.306 e. The largest absolute Gasteiger partial charge is 0.448 e. The fourth-order valence-corrected chi connectivity index (χ4v) is 2.49. The summed E-state index contributed by atoms with van der Waals surface area (Å²) in [4.78, 5) is 35.7. The van der Waals surface area contributed by atoms with Crippen LogP contribution < -0.4 is 5.32 Å². The number of imide groups is 1. The van der Waals surface area contributed by atoms with Gasteiger partial charge in [0.25, 0.3) is 5.91 Å². The molecule has 0 bridgehead atoms. The molecule has 0 aliphatic rings. The molecule has 0 aromatic carbocycles. The van der Waals surface area contributed by atoms with Crippen molar-refractivity contribution in [1.29, 1.82) is 0 Å². The minimum absolute atomic E-state index is 0.0477. The van der Waals surface area contributed by atoms with Gasteiger partial charge in [-0.25, -0.2) is 0 Å². The lowest BCUT2D eigenvalue weighted by atomic mass is 10.1. The van der Waals surface area contributed by atoms with Gasteiger partial charge in [0.05, 0.1) is 6.61 Å². The fraction of sp³-hybridized carbons (Fsp3) is 0.722. The molecule has 2 N–H and O–H groups in total. The molecule has 25 heavy (non-hydrogen) atoms. The van der Waals surface area contributed by atoms with Crippen molar-refractivity contribution in [2.45, 2.75) is 70.8 Å². The lowest BCUT2D eigenvalue weighted by Gasteiger charge is -2.18. The number of hydrogen-bond donors (Lipinski definition) is 2. The zero-order chi connectivity index (χ0) is 19.1. The predicted molar refractivity (Wildman–Crippen MR) is 100 cm³/mol. The van der Waals surface area contributed by atoms with Crippen LogP contribution in [0.5, 0.6) is 0 Å². The van der Waals surface area contributed by atoms with Gasteiger partial charge in [-0.2, -0.15) is 0 Å². The van der Waals surface area contributed by atoms with Crippen molar-refractivity contribution in [1.82, 2.24) is 5.32 Å². The number of esters is 1. The van der Waals surface area contributed by atoms with Crippen molar-refractivity contribution in [3.8, 4) is 0 Å². The zero-order valence-electron chi connectivity index (χ0n) is 15.0. The number of hydrogen-bond acceptors (Lipinski definition) is 5. The van der Waals surface area contributed by atoms with Gasteiger partial charge in [-0.1, -0.05) is 55.1 Å². The van der Waals surface area contributed by atoms with Crippen molar-refractivity contribution in [2.75, 3.05) is 11.9 Å². The molecule has 0 spiro atoms. The SMILES string of the molecule is C=C(CO)C(OC(=O)CCCCCCCBr)C(=O)NC(=O)CCCC. The Morgan fingerprint density at radius 2 is 1.72 bits per heavy atom. The number of nitrogens with one attached hydrogen (secondary N) is 1. The van der Waals surface area contributed by atoms with Gasteiger partial charge in [-0.05, 0) is 24.8 Å². The van der Waals surface area contributed by atoms with E-state index in [0.29, 0.717) is 12.8 Å². The van der Waals surface area contributed by atoms with Crippen molar-refractivity contribution in [3.63, 3.8) is 0 Å². The summed E-state index contributed by atoms with van der Waals surface area (Å²) in [5.41, 5.74) is 0.0477. The van der Waals surface area contributed by atoms with Crippen LogP contribution in [0.1, 0.15) is 64.7 Å². The molecular weight excluding hydrogens is 390 g/mol. The molecule has 0 aliphatic heterocycles. The smallest absolute Gasteiger partial charge is 0.306 e. The highest BCUT2D eigenvalue weighted by Gasteiger charge is 2.26. The molecular formula is C18H30BrNO5. The van der Waals surface area contributed by atoms with E-state index >= 15 is 0 Å². The Morgan fingerprint density at radius 1 is 1.08 bits per heavy atom. The van der Waals surface area contributed by atoms with Crippen LogP contribution in [0.25, 0.3) is 0 Å². The molecule has 1 unspecified atom stereocenters. The van der Waals surface area contributed by atoms with E-state index in [9.17, 15) is 19.5 Å². The summed E-state index contributed by atoms with van der Waals surface area (Å²) >= 11 is 3.37. The van der Waals surface area contributed by atoms with Gasteiger partial charge < -0.3 is 9.84 Å². The van der Waals surface area contributed by atoms with Crippen molar-refractivity contribution in [3.05, 3.63) is 12.2 Å². The maximum absolute atomic E-state index is 12.1. The normalized spacial score (nSPS) is 11.6. The van der Waals surface area contributed by atoms with Gasteiger partial charge >= 0.3 is 5.97 Å². The van der Waals surface area contributed by atoms with E-state index in [2.05, 4.69) is 27.8 Å². The van der Waals surface area contributed by atoms with Crippen LogP contribution >= 0.6 is 15.9 Å². The lowest BCUT2D eigenvalue weighted by Crippen LogP contribution is -2.42. The standard InChI is InChI=1S/C18H30BrNO5/c1-3-4-10-15(22)20-18(24)17(14(2)13-21)25-16(23)11-8-6-5-7-9-12-19/h17,21H,2-13H2,1H3,(H,20,22,24). The minimum atomic E-state index is -1.34. The molecule has 1 atom stereocenters. The highest BCUT2D eigenvalue weighted by atomic mass is 79.9. The lowest BCUT2D eigenvalue weighted by molar-refractivity contribution is -0.155. The van der Waals surface area contributed by atoms with Crippen LogP contribution in [0.3, 0.4) is 0 Å². The van der Waals surface area contributed by atoms with Crippen LogP contribution in [0.2, 0.25) is 0 Å². The molecule has 2 amide bonds. The number of halogens is 1. The first-order valence-corrected chi connectivity index (χ1v) is 9.96. The Balaban J connectivity index is 4.37. The molecule has 0 rings (SSSR count). The number of carbonyl (C=O) groups is 3.